The molecule has 2 nitrogen and oxygen atoms in total. The molecule has 1 heterocycles. The van der Waals surface area contributed by atoms with Crippen LogP contribution < -0.4 is 5.73 Å². The Morgan fingerprint density at radius 1 is 0.480 bits per heavy atom. The molecule has 120 valence electrons. The summed E-state index contributed by atoms with van der Waals surface area (Å²) in [6.45, 7) is 0. The van der Waals surface area contributed by atoms with E-state index in [0.717, 1.165) is 39.3 Å². The lowest BCUT2D eigenvalue weighted by atomic mass is 10.00. The minimum absolute atomic E-state index is 0.761. The van der Waals surface area contributed by atoms with E-state index >= 15 is 0 Å². The van der Waals surface area contributed by atoms with Crippen molar-refractivity contribution in [2.45, 2.75) is 0 Å². The fourth-order valence-electron chi connectivity index (χ4n) is 2.93. The van der Waals surface area contributed by atoms with Gasteiger partial charge in [-0.05, 0) is 35.4 Å². The molecular formula is C23H18N2. The second-order valence-corrected chi connectivity index (χ2v) is 5.98. The van der Waals surface area contributed by atoms with E-state index in [1.54, 1.807) is 0 Å². The van der Waals surface area contributed by atoms with Crippen molar-refractivity contribution in [3.05, 3.63) is 97.1 Å². The number of aromatic nitrogens is 1. The normalized spacial score (nSPS) is 10.6. The number of hydrogen-bond donors (Lipinski definition) is 1. The average Bonchev–Trinajstić information content (AvgIpc) is 2.69. The Labute approximate surface area is 147 Å². The van der Waals surface area contributed by atoms with Gasteiger partial charge in [-0.15, -0.1) is 0 Å². The second kappa shape index (κ2) is 6.62. The highest BCUT2D eigenvalue weighted by Crippen LogP contribution is 2.30. The highest BCUT2D eigenvalue weighted by atomic mass is 14.7. The lowest BCUT2D eigenvalue weighted by Gasteiger charge is -2.10. The molecule has 0 saturated carbocycles. The maximum Gasteiger partial charge on any atom is 0.0715 e. The van der Waals surface area contributed by atoms with Crippen LogP contribution in [0.3, 0.4) is 0 Å². The smallest absolute Gasteiger partial charge is 0.0715 e. The zero-order valence-corrected chi connectivity index (χ0v) is 13.8. The van der Waals surface area contributed by atoms with Crippen LogP contribution in [-0.2, 0) is 0 Å². The van der Waals surface area contributed by atoms with Crippen LogP contribution in [0.5, 0.6) is 0 Å². The molecule has 3 aromatic carbocycles. The minimum atomic E-state index is 0.761. The van der Waals surface area contributed by atoms with Gasteiger partial charge in [0.25, 0.3) is 0 Å². The van der Waals surface area contributed by atoms with Gasteiger partial charge in [0.15, 0.2) is 0 Å². The van der Waals surface area contributed by atoms with Crippen molar-refractivity contribution in [2.75, 3.05) is 5.73 Å². The highest BCUT2D eigenvalue weighted by molar-refractivity contribution is 5.77. The first-order valence-corrected chi connectivity index (χ1v) is 8.28. The van der Waals surface area contributed by atoms with Gasteiger partial charge < -0.3 is 5.73 Å². The Morgan fingerprint density at radius 2 is 1.00 bits per heavy atom. The molecule has 2 N–H and O–H groups in total. The van der Waals surface area contributed by atoms with Gasteiger partial charge in [0.2, 0.25) is 0 Å². The van der Waals surface area contributed by atoms with Crippen LogP contribution in [0.1, 0.15) is 0 Å². The fourth-order valence-corrected chi connectivity index (χ4v) is 2.93. The Kier molecular flexibility index (Phi) is 4.01. The summed E-state index contributed by atoms with van der Waals surface area (Å²) in [6, 6.07) is 32.7. The summed E-state index contributed by atoms with van der Waals surface area (Å²) >= 11 is 0. The molecular weight excluding hydrogens is 304 g/mol. The molecule has 0 aliphatic carbocycles. The Morgan fingerprint density at radius 3 is 1.52 bits per heavy atom. The van der Waals surface area contributed by atoms with E-state index < -0.39 is 0 Å². The van der Waals surface area contributed by atoms with Crippen LogP contribution in [0.25, 0.3) is 33.6 Å². The molecule has 4 aromatic rings. The summed E-state index contributed by atoms with van der Waals surface area (Å²) in [7, 11) is 0. The molecule has 0 spiro atoms. The van der Waals surface area contributed by atoms with Gasteiger partial charge >= 0.3 is 0 Å². The zero-order valence-electron chi connectivity index (χ0n) is 13.8. The van der Waals surface area contributed by atoms with E-state index in [9.17, 15) is 0 Å². The third-order valence-corrected chi connectivity index (χ3v) is 4.18. The number of nitrogen functional groups attached to an aromatic ring is 1. The summed E-state index contributed by atoms with van der Waals surface area (Å²) in [5.74, 6) is 0. The topological polar surface area (TPSA) is 38.9 Å². The predicted octanol–water partition coefficient (Wildman–Crippen LogP) is 5.66. The Hall–Kier alpha value is -3.39. The third kappa shape index (κ3) is 3.29. The van der Waals surface area contributed by atoms with Crippen molar-refractivity contribution < 1.29 is 0 Å². The summed E-state index contributed by atoms with van der Waals surface area (Å²) in [4.78, 5) is 4.89. The number of pyridine rings is 1. The Bertz CT molecular complexity index is 935. The van der Waals surface area contributed by atoms with Crippen molar-refractivity contribution in [1.82, 2.24) is 4.98 Å². The molecule has 4 rings (SSSR count). The second-order valence-electron chi connectivity index (χ2n) is 5.98. The number of nitrogens with zero attached hydrogens (tertiary/aromatic N) is 1. The summed E-state index contributed by atoms with van der Waals surface area (Å²) in [6.07, 6.45) is 0. The summed E-state index contributed by atoms with van der Waals surface area (Å²) in [5, 5.41) is 0. The van der Waals surface area contributed by atoms with Crippen molar-refractivity contribution in [2.24, 2.45) is 0 Å². The van der Waals surface area contributed by atoms with Crippen LogP contribution in [-0.4, -0.2) is 4.98 Å². The summed E-state index contributed by atoms with van der Waals surface area (Å²) < 4.78 is 0. The third-order valence-electron chi connectivity index (χ3n) is 4.18. The molecule has 25 heavy (non-hydrogen) atoms. The molecule has 0 radical (unpaired) electrons. The van der Waals surface area contributed by atoms with Gasteiger partial charge in [-0.1, -0.05) is 72.8 Å². The van der Waals surface area contributed by atoms with Gasteiger partial charge in [0.05, 0.1) is 11.4 Å². The van der Waals surface area contributed by atoms with Gasteiger partial charge in [-0.2, -0.15) is 0 Å². The van der Waals surface area contributed by atoms with E-state index in [2.05, 4.69) is 42.5 Å². The summed E-state index contributed by atoms with van der Waals surface area (Å²) in [5.41, 5.74) is 13.1. The fraction of sp³-hybridized carbons (Fsp3) is 0. The molecule has 0 aliphatic rings. The molecule has 0 aliphatic heterocycles. The van der Waals surface area contributed by atoms with Crippen molar-refractivity contribution in [1.29, 1.82) is 0 Å². The van der Waals surface area contributed by atoms with Crippen LogP contribution in [0.4, 0.5) is 5.69 Å². The SMILES string of the molecule is Nc1cccc(-c2cc(-c3ccccc3)nc(-c3ccccc3)c2)c1. The van der Waals surface area contributed by atoms with Gasteiger partial charge in [0.1, 0.15) is 0 Å². The predicted molar refractivity (Wildman–Crippen MR) is 105 cm³/mol. The molecule has 2 heteroatoms. The first kappa shape index (κ1) is 15.2. The van der Waals surface area contributed by atoms with E-state index in [4.69, 9.17) is 10.7 Å². The first-order chi connectivity index (χ1) is 12.3. The van der Waals surface area contributed by atoms with E-state index in [0.29, 0.717) is 0 Å². The van der Waals surface area contributed by atoms with E-state index in [1.165, 1.54) is 0 Å². The number of anilines is 1. The van der Waals surface area contributed by atoms with Gasteiger partial charge in [-0.3, -0.25) is 0 Å². The van der Waals surface area contributed by atoms with Crippen molar-refractivity contribution in [3.8, 4) is 33.6 Å². The zero-order chi connectivity index (χ0) is 17.1. The molecule has 0 unspecified atom stereocenters. The number of rotatable bonds is 3. The molecule has 1 aromatic heterocycles. The quantitative estimate of drug-likeness (QED) is 0.494. The molecule has 0 amide bonds. The molecule has 0 atom stereocenters. The maximum atomic E-state index is 5.98. The molecule has 0 saturated heterocycles. The highest BCUT2D eigenvalue weighted by Gasteiger charge is 2.08. The van der Waals surface area contributed by atoms with Crippen molar-refractivity contribution in [3.63, 3.8) is 0 Å². The number of nitrogens with two attached hydrogens (primary N) is 1. The van der Waals surface area contributed by atoms with Gasteiger partial charge in [-0.25, -0.2) is 4.98 Å². The van der Waals surface area contributed by atoms with Gasteiger partial charge in [0, 0.05) is 16.8 Å². The number of hydrogen-bond acceptors (Lipinski definition) is 2. The van der Waals surface area contributed by atoms with E-state index in [-0.39, 0.29) is 0 Å². The van der Waals surface area contributed by atoms with Crippen LogP contribution in [0, 0.1) is 0 Å². The molecule has 0 fully saturated rings. The molecule has 0 bridgehead atoms. The Balaban J connectivity index is 1.92. The average molecular weight is 322 g/mol. The standard InChI is InChI=1S/C23H18N2/c24-21-13-7-12-19(14-21)20-15-22(17-8-3-1-4-9-17)25-23(16-20)18-10-5-2-6-11-18/h1-16H,24H2. The first-order valence-electron chi connectivity index (χ1n) is 8.28. The minimum Gasteiger partial charge on any atom is -0.399 e. The lowest BCUT2D eigenvalue weighted by Crippen LogP contribution is -1.92. The largest absolute Gasteiger partial charge is 0.399 e. The van der Waals surface area contributed by atoms with E-state index in [1.807, 2.05) is 54.6 Å². The van der Waals surface area contributed by atoms with Crippen molar-refractivity contribution >= 4 is 5.69 Å². The van der Waals surface area contributed by atoms with Crippen LogP contribution in [0.15, 0.2) is 97.1 Å². The monoisotopic (exact) mass is 322 g/mol. The maximum absolute atomic E-state index is 5.98. The lowest BCUT2D eigenvalue weighted by molar-refractivity contribution is 1.32. The number of benzene rings is 3. The van der Waals surface area contributed by atoms with Crippen LogP contribution in [0.2, 0.25) is 0 Å². The van der Waals surface area contributed by atoms with Crippen LogP contribution >= 0.6 is 0 Å².